The van der Waals surface area contributed by atoms with Gasteiger partial charge in [-0.05, 0) is 71.7 Å². The molecule has 0 spiro atoms. The molecule has 1 amide bonds. The fourth-order valence-corrected chi connectivity index (χ4v) is 4.00. The van der Waals surface area contributed by atoms with E-state index in [4.69, 9.17) is 9.47 Å². The topological polar surface area (TPSA) is 42.0 Å². The Morgan fingerprint density at radius 2 is 1.69 bits per heavy atom. The van der Waals surface area contributed by atoms with Crippen molar-refractivity contribution >= 4 is 6.09 Å². The van der Waals surface area contributed by atoms with Gasteiger partial charge in [-0.25, -0.2) is 4.79 Å². The van der Waals surface area contributed by atoms with Gasteiger partial charge in [0.05, 0.1) is 6.10 Å². The van der Waals surface area contributed by atoms with Crippen molar-refractivity contribution in [3.05, 3.63) is 35.9 Å². The highest BCUT2D eigenvalue weighted by atomic mass is 16.6. The highest BCUT2D eigenvalue weighted by molar-refractivity contribution is 5.68. The van der Waals surface area contributed by atoms with Crippen LogP contribution in [0.3, 0.4) is 0 Å². The van der Waals surface area contributed by atoms with Crippen molar-refractivity contribution < 1.29 is 14.3 Å². The van der Waals surface area contributed by atoms with Gasteiger partial charge in [-0.1, -0.05) is 43.2 Å². The van der Waals surface area contributed by atoms with E-state index in [-0.39, 0.29) is 12.1 Å². The summed E-state index contributed by atoms with van der Waals surface area (Å²) >= 11 is 0. The Morgan fingerprint density at radius 1 is 1.00 bits per heavy atom. The van der Waals surface area contributed by atoms with E-state index in [1.165, 1.54) is 25.8 Å². The van der Waals surface area contributed by atoms with Crippen molar-refractivity contribution in [2.75, 3.05) is 33.8 Å². The van der Waals surface area contributed by atoms with Crippen LogP contribution in [0.5, 0.6) is 0 Å². The summed E-state index contributed by atoms with van der Waals surface area (Å²) in [6.07, 6.45) is 9.19. The van der Waals surface area contributed by atoms with Gasteiger partial charge >= 0.3 is 6.09 Å². The Kier molecular flexibility index (Phi) is 11.1. The number of nitrogens with zero attached hydrogens (tertiary/aromatic N) is 2. The first kappa shape index (κ1) is 23.7. The zero-order chi connectivity index (χ0) is 20.9. The van der Waals surface area contributed by atoms with Crippen molar-refractivity contribution in [2.45, 2.75) is 77.0 Å². The zero-order valence-corrected chi connectivity index (χ0v) is 18.6. The van der Waals surface area contributed by atoms with Crippen LogP contribution >= 0.6 is 0 Å². The molecule has 164 valence electrons. The third-order valence-electron chi connectivity index (χ3n) is 5.72. The van der Waals surface area contributed by atoms with Crippen molar-refractivity contribution in [1.29, 1.82) is 0 Å². The van der Waals surface area contributed by atoms with Gasteiger partial charge in [-0.2, -0.15) is 0 Å². The molecule has 0 radical (unpaired) electrons. The minimum atomic E-state index is -0.196. The average molecular weight is 405 g/mol. The fraction of sp³-hybridized carbons (Fsp3) is 0.708. The Bertz CT molecular complexity index is 557. The number of hydrogen-bond donors (Lipinski definition) is 0. The van der Waals surface area contributed by atoms with Crippen LogP contribution in [-0.2, 0) is 16.1 Å². The van der Waals surface area contributed by atoms with Crippen LogP contribution in [0.25, 0.3) is 0 Å². The van der Waals surface area contributed by atoms with E-state index in [2.05, 4.69) is 19.0 Å². The summed E-state index contributed by atoms with van der Waals surface area (Å²) in [5.41, 5.74) is 1.02. The monoisotopic (exact) mass is 404 g/mol. The van der Waals surface area contributed by atoms with E-state index in [0.717, 1.165) is 44.3 Å². The smallest absolute Gasteiger partial charge is 0.410 e. The molecule has 1 aromatic rings. The second kappa shape index (κ2) is 13.6. The molecule has 1 fully saturated rings. The van der Waals surface area contributed by atoms with Crippen LogP contribution in [-0.4, -0.2) is 61.8 Å². The minimum absolute atomic E-state index is 0.196. The van der Waals surface area contributed by atoms with E-state index in [0.29, 0.717) is 19.3 Å². The van der Waals surface area contributed by atoms with E-state index >= 15 is 0 Å². The standard InChI is InChI=1S/C24H40N2O3/c1-4-26(24(27)29-20-21-12-8-7-9-13-21)22-14-16-23(17-15-22)28-19-11-6-5-10-18-25(2)3/h7-9,12-13,22-23H,4-6,10-11,14-20H2,1-3H3. The van der Waals surface area contributed by atoms with Crippen molar-refractivity contribution in [1.82, 2.24) is 9.80 Å². The lowest BCUT2D eigenvalue weighted by molar-refractivity contribution is 0.00403. The number of carbonyl (C=O) groups is 1. The summed E-state index contributed by atoms with van der Waals surface area (Å²) in [4.78, 5) is 16.7. The molecule has 0 heterocycles. The third-order valence-corrected chi connectivity index (χ3v) is 5.72. The van der Waals surface area contributed by atoms with Crippen LogP contribution < -0.4 is 0 Å². The fourth-order valence-electron chi connectivity index (χ4n) is 4.00. The largest absolute Gasteiger partial charge is 0.445 e. The summed E-state index contributed by atoms with van der Waals surface area (Å²) in [7, 11) is 4.25. The quantitative estimate of drug-likeness (QED) is 0.455. The molecule has 29 heavy (non-hydrogen) atoms. The normalized spacial score (nSPS) is 19.3. The SMILES string of the molecule is CCN(C(=O)OCc1ccccc1)C1CCC(OCCCCCCN(C)C)CC1. The molecule has 0 aromatic heterocycles. The van der Waals surface area contributed by atoms with Gasteiger partial charge in [0.1, 0.15) is 6.61 Å². The van der Waals surface area contributed by atoms with E-state index < -0.39 is 0 Å². The number of benzene rings is 1. The molecule has 1 aliphatic carbocycles. The lowest BCUT2D eigenvalue weighted by Gasteiger charge is -2.35. The lowest BCUT2D eigenvalue weighted by atomic mass is 9.92. The molecule has 5 heteroatoms. The number of carbonyl (C=O) groups excluding carboxylic acids is 1. The molecule has 0 aliphatic heterocycles. The molecular weight excluding hydrogens is 364 g/mol. The number of amides is 1. The van der Waals surface area contributed by atoms with Crippen LogP contribution in [0.2, 0.25) is 0 Å². The van der Waals surface area contributed by atoms with Crippen molar-refractivity contribution in [2.24, 2.45) is 0 Å². The molecular formula is C24H40N2O3. The summed E-state index contributed by atoms with van der Waals surface area (Å²) < 4.78 is 11.6. The first-order valence-electron chi connectivity index (χ1n) is 11.3. The molecule has 0 N–H and O–H groups in total. The van der Waals surface area contributed by atoms with Crippen LogP contribution in [0, 0.1) is 0 Å². The number of hydrogen-bond acceptors (Lipinski definition) is 4. The molecule has 5 nitrogen and oxygen atoms in total. The predicted molar refractivity (Wildman–Crippen MR) is 118 cm³/mol. The molecule has 0 bridgehead atoms. The maximum atomic E-state index is 12.5. The first-order chi connectivity index (χ1) is 14.1. The Labute approximate surface area is 177 Å². The summed E-state index contributed by atoms with van der Waals surface area (Å²) in [5.74, 6) is 0. The first-order valence-corrected chi connectivity index (χ1v) is 11.3. The number of rotatable bonds is 12. The minimum Gasteiger partial charge on any atom is -0.445 e. The summed E-state index contributed by atoms with van der Waals surface area (Å²) in [6.45, 7) is 5.10. The van der Waals surface area contributed by atoms with Crippen molar-refractivity contribution in [3.8, 4) is 0 Å². The van der Waals surface area contributed by atoms with Crippen LogP contribution in [0.4, 0.5) is 4.79 Å². The molecule has 1 aliphatic rings. The highest BCUT2D eigenvalue weighted by Crippen LogP contribution is 2.26. The van der Waals surface area contributed by atoms with Crippen LogP contribution in [0.15, 0.2) is 30.3 Å². The Morgan fingerprint density at radius 3 is 2.34 bits per heavy atom. The molecule has 1 saturated carbocycles. The molecule has 0 saturated heterocycles. The molecule has 0 atom stereocenters. The molecule has 2 rings (SSSR count). The van der Waals surface area contributed by atoms with E-state index in [9.17, 15) is 4.79 Å². The highest BCUT2D eigenvalue weighted by Gasteiger charge is 2.29. The summed E-state index contributed by atoms with van der Waals surface area (Å²) in [5, 5.41) is 0. The number of ether oxygens (including phenoxy) is 2. The van der Waals surface area contributed by atoms with Gasteiger partial charge in [0.25, 0.3) is 0 Å². The number of unbranched alkanes of at least 4 members (excludes halogenated alkanes) is 3. The van der Waals surface area contributed by atoms with Gasteiger partial charge in [0.15, 0.2) is 0 Å². The Hall–Kier alpha value is -1.59. The van der Waals surface area contributed by atoms with Gasteiger partial charge in [-0.15, -0.1) is 0 Å². The average Bonchev–Trinajstić information content (AvgIpc) is 2.73. The van der Waals surface area contributed by atoms with Gasteiger partial charge in [0, 0.05) is 19.2 Å². The second-order valence-corrected chi connectivity index (χ2v) is 8.35. The van der Waals surface area contributed by atoms with Gasteiger partial charge in [0.2, 0.25) is 0 Å². The summed E-state index contributed by atoms with van der Waals surface area (Å²) in [6, 6.07) is 10.1. The molecule has 0 unspecified atom stereocenters. The predicted octanol–water partition coefficient (Wildman–Crippen LogP) is 5.09. The Balaban J connectivity index is 1.60. The van der Waals surface area contributed by atoms with Gasteiger partial charge in [-0.3, -0.25) is 0 Å². The maximum Gasteiger partial charge on any atom is 0.410 e. The zero-order valence-electron chi connectivity index (χ0n) is 18.6. The lowest BCUT2D eigenvalue weighted by Crippen LogP contribution is -2.43. The molecule has 1 aromatic carbocycles. The second-order valence-electron chi connectivity index (χ2n) is 8.35. The van der Waals surface area contributed by atoms with Crippen molar-refractivity contribution in [3.63, 3.8) is 0 Å². The van der Waals surface area contributed by atoms with Crippen LogP contribution in [0.1, 0.15) is 63.9 Å². The van der Waals surface area contributed by atoms with Gasteiger partial charge < -0.3 is 19.3 Å². The van der Waals surface area contributed by atoms with E-state index in [1.807, 2.05) is 42.2 Å². The van der Waals surface area contributed by atoms with E-state index in [1.54, 1.807) is 0 Å². The third kappa shape index (κ3) is 9.18. The maximum absolute atomic E-state index is 12.5.